The molecule has 3 aromatic rings. The minimum Gasteiger partial charge on any atom is -0.487 e. The third kappa shape index (κ3) is 6.35. The molecule has 0 aliphatic heterocycles. The maximum Gasteiger partial charge on any atom is 0.232 e. The average Bonchev–Trinajstić information content (AvgIpc) is 2.85. The van der Waals surface area contributed by atoms with Crippen LogP contribution < -0.4 is 9.64 Å². The van der Waals surface area contributed by atoms with E-state index in [2.05, 4.69) is 11.6 Å². The molecule has 6 nitrogen and oxygen atoms in total. The molecule has 1 amide bonds. The maximum absolute atomic E-state index is 12.5. The number of halogens is 1. The van der Waals surface area contributed by atoms with Crippen LogP contribution in [0.3, 0.4) is 0 Å². The van der Waals surface area contributed by atoms with E-state index in [-0.39, 0.29) is 12.5 Å². The molecule has 0 aliphatic carbocycles. The third-order valence-corrected chi connectivity index (χ3v) is 6.88. The molecule has 1 aromatic carbocycles. The number of nitrogens with zero attached hydrogens (tertiary/aromatic N) is 4. The molecule has 0 unspecified atom stereocenters. The Morgan fingerprint density at radius 3 is 2.71 bits per heavy atom. The molecule has 0 fully saturated rings. The van der Waals surface area contributed by atoms with Crippen molar-refractivity contribution in [3.8, 4) is 5.75 Å². The highest BCUT2D eigenvalue weighted by Crippen LogP contribution is 2.34. The normalized spacial score (nSPS) is 11.1. The Hall–Kier alpha value is -3.03. The second kappa shape index (κ2) is 12.6. The number of amides is 1. The summed E-state index contributed by atoms with van der Waals surface area (Å²) in [5.74, 6) is 1.05. The van der Waals surface area contributed by atoms with Crippen molar-refractivity contribution in [2.24, 2.45) is 0 Å². The molecular weight excluding hydrogens is 480 g/mol. The van der Waals surface area contributed by atoms with Crippen molar-refractivity contribution >= 4 is 45.9 Å². The first kappa shape index (κ1) is 26.6. The molecule has 0 N–H and O–H groups in total. The van der Waals surface area contributed by atoms with E-state index < -0.39 is 0 Å². The van der Waals surface area contributed by atoms with Gasteiger partial charge in [0.25, 0.3) is 0 Å². The van der Waals surface area contributed by atoms with Gasteiger partial charge in [-0.1, -0.05) is 36.4 Å². The Kier molecular flexibility index (Phi) is 9.57. The summed E-state index contributed by atoms with van der Waals surface area (Å²) >= 11 is 7.92. The van der Waals surface area contributed by atoms with Gasteiger partial charge in [-0.15, -0.1) is 11.8 Å². The van der Waals surface area contributed by atoms with Gasteiger partial charge in [-0.05, 0) is 39.8 Å². The molecule has 0 saturated carbocycles. The number of fused-ring (bicyclic) bond motifs is 1. The fourth-order valence-electron chi connectivity index (χ4n) is 3.72. The van der Waals surface area contributed by atoms with Crippen LogP contribution in [0.5, 0.6) is 5.75 Å². The molecule has 0 spiro atoms. The third-order valence-electron chi connectivity index (χ3n) is 5.50. The summed E-state index contributed by atoms with van der Waals surface area (Å²) in [5, 5.41) is 1.45. The van der Waals surface area contributed by atoms with Gasteiger partial charge in [0, 0.05) is 59.4 Å². The van der Waals surface area contributed by atoms with E-state index in [1.54, 1.807) is 18.6 Å². The Labute approximate surface area is 216 Å². The van der Waals surface area contributed by atoms with E-state index in [1.807, 2.05) is 74.0 Å². The zero-order chi connectivity index (χ0) is 25.4. The van der Waals surface area contributed by atoms with Crippen LogP contribution in [-0.4, -0.2) is 39.6 Å². The zero-order valence-corrected chi connectivity index (χ0v) is 22.2. The minimum absolute atomic E-state index is 0.0843. The van der Waals surface area contributed by atoms with Gasteiger partial charge in [0.15, 0.2) is 0 Å². The van der Waals surface area contributed by atoms with Gasteiger partial charge in [-0.25, -0.2) is 4.98 Å². The van der Waals surface area contributed by atoms with Gasteiger partial charge >= 0.3 is 0 Å². The number of carbonyl (C=O) groups excluding carboxylic acids is 1. The van der Waals surface area contributed by atoms with Crippen LogP contribution in [-0.2, 0) is 11.4 Å². The number of pyridine rings is 2. The molecule has 0 saturated heterocycles. The van der Waals surface area contributed by atoms with Crippen LogP contribution in [0.4, 0.5) is 5.69 Å². The number of carbonyl (C=O) groups is 1. The summed E-state index contributed by atoms with van der Waals surface area (Å²) in [7, 11) is 0. The van der Waals surface area contributed by atoms with Crippen LogP contribution in [0.1, 0.15) is 32.0 Å². The molecule has 0 radical (unpaired) electrons. The number of aryl methyl sites for hydroxylation is 1. The highest BCUT2D eigenvalue weighted by Gasteiger charge is 2.16. The Balaban J connectivity index is 1.89. The summed E-state index contributed by atoms with van der Waals surface area (Å²) in [5.41, 5.74) is 3.40. The summed E-state index contributed by atoms with van der Waals surface area (Å²) in [6.45, 7) is 13.4. The molecule has 0 bridgehead atoms. The lowest BCUT2D eigenvalue weighted by Gasteiger charge is -2.20. The van der Waals surface area contributed by atoms with E-state index in [9.17, 15) is 4.79 Å². The van der Waals surface area contributed by atoms with Crippen LogP contribution in [0, 0.1) is 6.92 Å². The highest BCUT2D eigenvalue weighted by atomic mass is 35.5. The van der Waals surface area contributed by atoms with Gasteiger partial charge < -0.3 is 14.5 Å². The van der Waals surface area contributed by atoms with Crippen molar-refractivity contribution < 1.29 is 9.53 Å². The van der Waals surface area contributed by atoms with Crippen molar-refractivity contribution in [1.82, 2.24) is 14.9 Å². The predicted octanol–water partition coefficient (Wildman–Crippen LogP) is 6.61. The standard InChI is InChI=1S/C27H31ClN4O2S/c1-6-13-32(9-4)23-14-19(5)30-27-20(23)11-10-12-24(27)34-17-21-22(28)15-29-16-25(21)35-18-26(33)31(7-2)8-3/h6,9-16H,4,7-8,17-18H2,1-3,5H3/b13-6-. The minimum atomic E-state index is 0.0843. The predicted molar refractivity (Wildman–Crippen MR) is 146 cm³/mol. The molecule has 8 heteroatoms. The Morgan fingerprint density at radius 1 is 1.26 bits per heavy atom. The lowest BCUT2D eigenvalue weighted by molar-refractivity contribution is -0.127. The number of hydrogen-bond donors (Lipinski definition) is 0. The number of aromatic nitrogens is 2. The summed E-state index contributed by atoms with van der Waals surface area (Å²) in [6.07, 6.45) is 9.00. The number of anilines is 1. The van der Waals surface area contributed by atoms with Crippen molar-refractivity contribution in [3.05, 3.63) is 78.0 Å². The topological polar surface area (TPSA) is 58.6 Å². The van der Waals surface area contributed by atoms with Crippen LogP contribution in [0.25, 0.3) is 10.9 Å². The summed E-state index contributed by atoms with van der Waals surface area (Å²) in [4.78, 5) is 26.1. The first-order chi connectivity index (χ1) is 16.9. The number of thioether (sulfide) groups is 1. The maximum atomic E-state index is 12.5. The largest absolute Gasteiger partial charge is 0.487 e. The molecule has 184 valence electrons. The van der Waals surface area contributed by atoms with E-state index in [0.717, 1.165) is 32.7 Å². The number of benzene rings is 1. The highest BCUT2D eigenvalue weighted by molar-refractivity contribution is 8.00. The number of rotatable bonds is 11. The lowest BCUT2D eigenvalue weighted by Crippen LogP contribution is -2.31. The summed E-state index contributed by atoms with van der Waals surface area (Å²) < 4.78 is 6.26. The van der Waals surface area contributed by atoms with Crippen LogP contribution in [0.2, 0.25) is 5.02 Å². The van der Waals surface area contributed by atoms with Gasteiger partial charge in [-0.2, -0.15) is 0 Å². The van der Waals surface area contributed by atoms with E-state index >= 15 is 0 Å². The van der Waals surface area contributed by atoms with Crippen molar-refractivity contribution in [3.63, 3.8) is 0 Å². The van der Waals surface area contributed by atoms with Gasteiger partial charge in [0.1, 0.15) is 17.9 Å². The van der Waals surface area contributed by atoms with Crippen LogP contribution >= 0.6 is 23.4 Å². The van der Waals surface area contributed by atoms with Crippen molar-refractivity contribution in [2.75, 3.05) is 23.7 Å². The molecular formula is C27H31ClN4O2S. The SMILES string of the molecule is C=CN(/C=C\C)c1cc(C)nc2c(OCc3c(Cl)cncc3SCC(=O)N(CC)CC)cccc12. The lowest BCUT2D eigenvalue weighted by atomic mass is 10.1. The van der Waals surface area contributed by atoms with E-state index in [0.29, 0.717) is 29.6 Å². The molecule has 3 rings (SSSR count). The molecule has 0 aliphatic rings. The summed E-state index contributed by atoms with van der Waals surface area (Å²) in [6, 6.07) is 7.89. The molecule has 35 heavy (non-hydrogen) atoms. The number of ether oxygens (including phenoxy) is 1. The van der Waals surface area contributed by atoms with Crippen molar-refractivity contribution in [1.29, 1.82) is 0 Å². The first-order valence-corrected chi connectivity index (χ1v) is 12.9. The van der Waals surface area contributed by atoms with Crippen molar-refractivity contribution in [2.45, 2.75) is 39.2 Å². The first-order valence-electron chi connectivity index (χ1n) is 11.5. The van der Waals surface area contributed by atoms with Gasteiger partial charge in [0.2, 0.25) is 5.91 Å². The molecule has 0 atom stereocenters. The Bertz CT molecular complexity index is 1230. The fourth-order valence-corrected chi connectivity index (χ4v) is 4.93. The van der Waals surface area contributed by atoms with E-state index in [1.165, 1.54) is 11.8 Å². The Morgan fingerprint density at radius 2 is 2.03 bits per heavy atom. The smallest absolute Gasteiger partial charge is 0.232 e. The number of hydrogen-bond acceptors (Lipinski definition) is 6. The second-order valence-electron chi connectivity index (χ2n) is 7.75. The monoisotopic (exact) mass is 510 g/mol. The molecule has 2 aromatic heterocycles. The number of para-hydroxylation sites is 1. The van der Waals surface area contributed by atoms with Gasteiger partial charge in [-0.3, -0.25) is 9.78 Å². The average molecular weight is 511 g/mol. The molecule has 2 heterocycles. The fraction of sp³-hybridized carbons (Fsp3) is 0.296. The van der Waals surface area contributed by atoms with Gasteiger partial charge in [0.05, 0.1) is 16.5 Å². The van der Waals surface area contributed by atoms with E-state index in [4.69, 9.17) is 21.3 Å². The quantitative estimate of drug-likeness (QED) is 0.270. The zero-order valence-electron chi connectivity index (χ0n) is 20.6. The van der Waals surface area contributed by atoms with Crippen LogP contribution in [0.15, 0.2) is 66.6 Å². The number of allylic oxidation sites excluding steroid dienone is 1. The second-order valence-corrected chi connectivity index (χ2v) is 9.17.